The van der Waals surface area contributed by atoms with Crippen molar-refractivity contribution in [3.63, 3.8) is 0 Å². The Bertz CT molecular complexity index is 994. The maximum Gasteiger partial charge on any atom is 0.179 e. The summed E-state index contributed by atoms with van der Waals surface area (Å²) in [5.41, 5.74) is 2.79. The summed E-state index contributed by atoms with van der Waals surface area (Å²) in [5, 5.41) is 0. The number of hydrogen-bond donors (Lipinski definition) is 0. The number of piperidine rings is 1. The summed E-state index contributed by atoms with van der Waals surface area (Å²) < 4.78 is 11.8. The largest absolute Gasteiger partial charge is 0.489 e. The van der Waals surface area contributed by atoms with Crippen molar-refractivity contribution in [3.8, 4) is 5.75 Å². The molecule has 0 unspecified atom stereocenters. The van der Waals surface area contributed by atoms with Crippen molar-refractivity contribution in [2.24, 2.45) is 0 Å². The Morgan fingerprint density at radius 1 is 0.906 bits per heavy atom. The number of carbonyl (C=O) groups is 1. The van der Waals surface area contributed by atoms with Crippen LogP contribution in [0.5, 0.6) is 5.75 Å². The molecule has 1 saturated heterocycles. The van der Waals surface area contributed by atoms with Crippen molar-refractivity contribution in [2.45, 2.75) is 38.0 Å². The number of Topliss-reactive ketones (excluding diaryl/α,β-unsaturated/α-hetero) is 1. The molecule has 0 amide bonds. The van der Waals surface area contributed by atoms with Gasteiger partial charge in [0.2, 0.25) is 0 Å². The van der Waals surface area contributed by atoms with E-state index in [0.29, 0.717) is 6.61 Å². The van der Waals surface area contributed by atoms with E-state index in [4.69, 9.17) is 9.47 Å². The molecule has 0 bridgehead atoms. The van der Waals surface area contributed by atoms with Gasteiger partial charge in [-0.15, -0.1) is 0 Å². The van der Waals surface area contributed by atoms with Gasteiger partial charge in [0.15, 0.2) is 5.78 Å². The maximum absolute atomic E-state index is 13.1. The van der Waals surface area contributed by atoms with E-state index in [1.54, 1.807) is 7.11 Å². The number of rotatable bonds is 8. The van der Waals surface area contributed by atoms with Gasteiger partial charge in [0.1, 0.15) is 12.4 Å². The molecule has 1 heterocycles. The minimum Gasteiger partial charge on any atom is -0.489 e. The second-order valence-corrected chi connectivity index (χ2v) is 8.44. The van der Waals surface area contributed by atoms with Crippen molar-refractivity contribution in [3.05, 3.63) is 102 Å². The molecule has 0 N–H and O–H groups in total. The van der Waals surface area contributed by atoms with Gasteiger partial charge in [-0.05, 0) is 55.2 Å². The first kappa shape index (κ1) is 22.3. The number of carbonyl (C=O) groups excluding carboxylic acids is 1. The van der Waals surface area contributed by atoms with Crippen LogP contribution in [0.3, 0.4) is 0 Å². The van der Waals surface area contributed by atoms with Crippen LogP contribution in [0.2, 0.25) is 0 Å². The first-order valence-electron chi connectivity index (χ1n) is 11.3. The number of methoxy groups -OCH3 is 1. The summed E-state index contributed by atoms with van der Waals surface area (Å²) in [7, 11) is 1.79. The van der Waals surface area contributed by atoms with Gasteiger partial charge in [-0.2, -0.15) is 0 Å². The highest BCUT2D eigenvalue weighted by molar-refractivity contribution is 5.99. The fraction of sp³-hybridized carbons (Fsp3) is 0.321. The third-order valence-electron chi connectivity index (χ3n) is 6.61. The molecule has 0 aromatic heterocycles. The fourth-order valence-corrected chi connectivity index (χ4v) is 4.49. The summed E-state index contributed by atoms with van der Waals surface area (Å²) in [5.74, 6) is 0.910. The fourth-order valence-electron chi connectivity index (χ4n) is 4.49. The van der Waals surface area contributed by atoms with Crippen LogP contribution in [0.25, 0.3) is 0 Å². The molecule has 4 heteroatoms. The van der Waals surface area contributed by atoms with E-state index in [0.717, 1.165) is 42.8 Å². The number of ether oxygens (including phenoxy) is 2. The van der Waals surface area contributed by atoms with Gasteiger partial charge in [-0.3, -0.25) is 9.69 Å². The quantitative estimate of drug-likeness (QED) is 0.445. The van der Waals surface area contributed by atoms with Gasteiger partial charge in [0.25, 0.3) is 0 Å². The van der Waals surface area contributed by atoms with Crippen LogP contribution < -0.4 is 4.74 Å². The highest BCUT2D eigenvalue weighted by atomic mass is 16.5. The molecule has 32 heavy (non-hydrogen) atoms. The van der Waals surface area contributed by atoms with E-state index in [2.05, 4.69) is 29.2 Å². The number of benzene rings is 3. The summed E-state index contributed by atoms with van der Waals surface area (Å²) in [4.78, 5) is 15.4. The van der Waals surface area contributed by atoms with Gasteiger partial charge in [-0.25, -0.2) is 0 Å². The molecule has 1 atom stereocenters. The van der Waals surface area contributed by atoms with Crippen LogP contribution in [0.4, 0.5) is 0 Å². The van der Waals surface area contributed by atoms with Gasteiger partial charge in [0.05, 0.1) is 11.6 Å². The highest BCUT2D eigenvalue weighted by Gasteiger charge is 2.38. The molecule has 4 rings (SSSR count). The number of likely N-dealkylation sites (tertiary alicyclic amines) is 1. The van der Waals surface area contributed by atoms with Crippen molar-refractivity contribution < 1.29 is 14.3 Å². The van der Waals surface area contributed by atoms with Crippen LogP contribution >= 0.6 is 0 Å². The summed E-state index contributed by atoms with van der Waals surface area (Å²) >= 11 is 0. The standard InChI is InChI=1S/C28H31NO3/c1-22(29-19-17-28(31-2,18-20-29)25-11-7-4-8-12-25)27(30)24-13-15-26(16-14-24)32-21-23-9-5-3-6-10-23/h3-16,22H,17-21H2,1-2H3/t22-/m1/s1. The Kier molecular flexibility index (Phi) is 7.03. The zero-order valence-electron chi connectivity index (χ0n) is 18.9. The Morgan fingerprint density at radius 2 is 1.50 bits per heavy atom. The molecule has 3 aromatic rings. The summed E-state index contributed by atoms with van der Waals surface area (Å²) in [6.07, 6.45) is 1.74. The Balaban J connectivity index is 1.34. The van der Waals surface area contributed by atoms with E-state index in [1.807, 2.05) is 67.6 Å². The molecule has 1 fully saturated rings. The van der Waals surface area contributed by atoms with Crippen LogP contribution in [0, 0.1) is 0 Å². The van der Waals surface area contributed by atoms with Crippen molar-refractivity contribution in [1.29, 1.82) is 0 Å². The van der Waals surface area contributed by atoms with Gasteiger partial charge >= 0.3 is 0 Å². The SMILES string of the molecule is COC1(c2ccccc2)CCN([C@H](C)C(=O)c2ccc(OCc3ccccc3)cc2)CC1. The molecule has 166 valence electrons. The normalized spacial score (nSPS) is 16.9. The van der Waals surface area contributed by atoms with Gasteiger partial charge in [-0.1, -0.05) is 60.7 Å². The minimum atomic E-state index is -0.266. The Labute approximate surface area is 190 Å². The lowest BCUT2D eigenvalue weighted by Gasteiger charge is -2.43. The Hall–Kier alpha value is -2.95. The van der Waals surface area contributed by atoms with Crippen molar-refractivity contribution in [2.75, 3.05) is 20.2 Å². The van der Waals surface area contributed by atoms with Crippen LogP contribution in [-0.2, 0) is 16.9 Å². The molecule has 4 nitrogen and oxygen atoms in total. The third-order valence-corrected chi connectivity index (χ3v) is 6.61. The molecule has 3 aromatic carbocycles. The predicted octanol–water partition coefficient (Wildman–Crippen LogP) is 5.47. The lowest BCUT2D eigenvalue weighted by atomic mass is 9.83. The van der Waals surface area contributed by atoms with Gasteiger partial charge < -0.3 is 9.47 Å². The molecule has 1 aliphatic heterocycles. The average Bonchev–Trinajstić information content (AvgIpc) is 2.88. The molecule has 1 aliphatic rings. The molecule has 0 aliphatic carbocycles. The van der Waals surface area contributed by atoms with E-state index >= 15 is 0 Å². The lowest BCUT2D eigenvalue weighted by Crippen LogP contribution is -2.49. The van der Waals surface area contributed by atoms with E-state index < -0.39 is 0 Å². The topological polar surface area (TPSA) is 38.8 Å². The summed E-state index contributed by atoms with van der Waals surface area (Å²) in [6.45, 7) is 4.17. The van der Waals surface area contributed by atoms with E-state index in [9.17, 15) is 4.79 Å². The lowest BCUT2D eigenvalue weighted by molar-refractivity contribution is -0.0660. The Morgan fingerprint density at radius 3 is 2.09 bits per heavy atom. The van der Waals surface area contributed by atoms with E-state index in [-0.39, 0.29) is 17.4 Å². The van der Waals surface area contributed by atoms with Crippen LogP contribution in [0.1, 0.15) is 41.3 Å². The number of hydrogen-bond acceptors (Lipinski definition) is 4. The minimum absolute atomic E-state index is 0.143. The maximum atomic E-state index is 13.1. The second-order valence-electron chi connectivity index (χ2n) is 8.44. The zero-order chi connectivity index (χ0) is 22.4. The zero-order valence-corrected chi connectivity index (χ0v) is 18.9. The van der Waals surface area contributed by atoms with E-state index in [1.165, 1.54) is 5.56 Å². The van der Waals surface area contributed by atoms with Crippen LogP contribution in [-0.4, -0.2) is 36.9 Å². The summed E-state index contributed by atoms with van der Waals surface area (Å²) in [6, 6.07) is 27.8. The molecular weight excluding hydrogens is 398 g/mol. The van der Waals surface area contributed by atoms with Crippen molar-refractivity contribution in [1.82, 2.24) is 4.90 Å². The number of nitrogens with zero attached hydrogens (tertiary/aromatic N) is 1. The molecule has 0 spiro atoms. The second kappa shape index (κ2) is 10.1. The number of ketones is 1. The molecule has 0 radical (unpaired) electrons. The van der Waals surface area contributed by atoms with Gasteiger partial charge in [0, 0.05) is 25.8 Å². The molecule has 0 saturated carbocycles. The molecular formula is C28H31NO3. The smallest absolute Gasteiger partial charge is 0.179 e. The predicted molar refractivity (Wildman–Crippen MR) is 127 cm³/mol. The monoisotopic (exact) mass is 429 g/mol. The first-order chi connectivity index (χ1) is 15.6. The first-order valence-corrected chi connectivity index (χ1v) is 11.3. The average molecular weight is 430 g/mol. The highest BCUT2D eigenvalue weighted by Crippen LogP contribution is 2.36. The third kappa shape index (κ3) is 4.93. The van der Waals surface area contributed by atoms with Crippen LogP contribution in [0.15, 0.2) is 84.9 Å². The van der Waals surface area contributed by atoms with Crippen molar-refractivity contribution >= 4 is 5.78 Å².